The Morgan fingerprint density at radius 1 is 1.14 bits per heavy atom. The Morgan fingerprint density at radius 3 is 2.71 bits per heavy atom. The summed E-state index contributed by atoms with van der Waals surface area (Å²) in [5.41, 5.74) is 2.25. The van der Waals surface area contributed by atoms with Gasteiger partial charge in [0.1, 0.15) is 12.4 Å². The van der Waals surface area contributed by atoms with Crippen molar-refractivity contribution in [2.24, 2.45) is 0 Å². The van der Waals surface area contributed by atoms with Gasteiger partial charge in [-0.25, -0.2) is 0 Å². The van der Waals surface area contributed by atoms with Crippen molar-refractivity contribution in [3.05, 3.63) is 78.1 Å². The van der Waals surface area contributed by atoms with Crippen LogP contribution in [-0.4, -0.2) is 28.8 Å². The Bertz CT molecular complexity index is 900. The van der Waals surface area contributed by atoms with Crippen LogP contribution in [0.4, 0.5) is 5.69 Å². The van der Waals surface area contributed by atoms with Crippen molar-refractivity contribution in [2.45, 2.75) is 25.5 Å². The number of hydrogen-bond acceptors (Lipinski definition) is 4. The molecule has 0 bridgehead atoms. The van der Waals surface area contributed by atoms with Crippen LogP contribution in [0.5, 0.6) is 5.75 Å². The first-order valence-corrected chi connectivity index (χ1v) is 9.62. The highest BCUT2D eigenvalue weighted by atomic mass is 16.5. The molecular formula is C22H24N4O2. The molecule has 1 unspecified atom stereocenters. The van der Waals surface area contributed by atoms with E-state index in [1.54, 1.807) is 6.07 Å². The minimum atomic E-state index is -0.208. The predicted molar refractivity (Wildman–Crippen MR) is 109 cm³/mol. The third-order valence-electron chi connectivity index (χ3n) is 4.85. The van der Waals surface area contributed by atoms with E-state index in [-0.39, 0.29) is 5.91 Å². The van der Waals surface area contributed by atoms with Crippen molar-refractivity contribution in [3.63, 3.8) is 0 Å². The van der Waals surface area contributed by atoms with Gasteiger partial charge in [0, 0.05) is 18.4 Å². The molecule has 0 radical (unpaired) electrons. The lowest BCUT2D eigenvalue weighted by atomic mass is 10.1. The number of nitrogens with zero attached hydrogens (tertiary/aromatic N) is 2. The molecule has 3 aromatic rings. The highest BCUT2D eigenvalue weighted by Gasteiger charge is 2.17. The van der Waals surface area contributed by atoms with Gasteiger partial charge < -0.3 is 15.4 Å². The molecule has 0 aliphatic carbocycles. The summed E-state index contributed by atoms with van der Waals surface area (Å²) in [4.78, 5) is 12.5. The fraction of sp³-hybridized carbons (Fsp3) is 0.273. The van der Waals surface area contributed by atoms with E-state index in [9.17, 15) is 4.79 Å². The molecule has 6 heteroatoms. The monoisotopic (exact) mass is 376 g/mol. The van der Waals surface area contributed by atoms with E-state index >= 15 is 0 Å². The quantitative estimate of drug-likeness (QED) is 0.689. The van der Waals surface area contributed by atoms with Crippen LogP contribution >= 0.6 is 0 Å². The number of carbonyl (C=O) groups excluding carboxylic acids is 1. The van der Waals surface area contributed by atoms with E-state index in [0.717, 1.165) is 37.2 Å². The number of piperidine rings is 1. The van der Waals surface area contributed by atoms with Crippen molar-refractivity contribution >= 4 is 11.6 Å². The first-order chi connectivity index (χ1) is 13.8. The van der Waals surface area contributed by atoms with Crippen LogP contribution < -0.4 is 15.4 Å². The molecule has 2 heterocycles. The summed E-state index contributed by atoms with van der Waals surface area (Å²) in [6.45, 7) is 2.46. The number of carbonyl (C=O) groups is 1. The number of amides is 1. The lowest BCUT2D eigenvalue weighted by Gasteiger charge is -2.22. The Kier molecular flexibility index (Phi) is 5.68. The summed E-state index contributed by atoms with van der Waals surface area (Å²) in [5, 5.41) is 10.7. The minimum Gasteiger partial charge on any atom is -0.489 e. The number of ether oxygens (including phenoxy) is 1. The maximum atomic E-state index is 12.5. The lowest BCUT2D eigenvalue weighted by Crippen LogP contribution is -2.32. The SMILES string of the molecule is O=C(Nc1ccc(OCc2ccccc2)cc1)c1ccn(C2CCCNC2)n1. The summed E-state index contributed by atoms with van der Waals surface area (Å²) >= 11 is 0. The van der Waals surface area contributed by atoms with Crippen LogP contribution in [-0.2, 0) is 6.61 Å². The number of rotatable bonds is 6. The van der Waals surface area contributed by atoms with E-state index in [4.69, 9.17) is 4.74 Å². The third kappa shape index (κ3) is 4.58. The van der Waals surface area contributed by atoms with Crippen molar-refractivity contribution in [2.75, 3.05) is 18.4 Å². The predicted octanol–water partition coefficient (Wildman–Crippen LogP) is 3.64. The highest BCUT2D eigenvalue weighted by molar-refractivity contribution is 6.02. The van der Waals surface area contributed by atoms with Crippen molar-refractivity contribution in [3.8, 4) is 5.75 Å². The van der Waals surface area contributed by atoms with Gasteiger partial charge in [-0.05, 0) is 55.3 Å². The fourth-order valence-electron chi connectivity index (χ4n) is 3.29. The second-order valence-electron chi connectivity index (χ2n) is 6.93. The topological polar surface area (TPSA) is 68.2 Å². The minimum absolute atomic E-state index is 0.208. The van der Waals surface area contributed by atoms with Gasteiger partial charge in [-0.1, -0.05) is 30.3 Å². The number of nitrogens with one attached hydrogen (secondary N) is 2. The molecule has 1 fully saturated rings. The molecule has 144 valence electrons. The largest absolute Gasteiger partial charge is 0.489 e. The van der Waals surface area contributed by atoms with Crippen molar-refractivity contribution < 1.29 is 9.53 Å². The molecule has 4 rings (SSSR count). The van der Waals surface area contributed by atoms with Gasteiger partial charge in [0.25, 0.3) is 5.91 Å². The molecule has 1 aliphatic heterocycles. The van der Waals surface area contributed by atoms with Crippen LogP contribution in [0.2, 0.25) is 0 Å². The Labute approximate surface area is 164 Å². The molecule has 1 atom stereocenters. The number of aromatic nitrogens is 2. The summed E-state index contributed by atoms with van der Waals surface area (Å²) < 4.78 is 7.66. The summed E-state index contributed by atoms with van der Waals surface area (Å²) in [5.74, 6) is 0.552. The molecule has 1 saturated heterocycles. The van der Waals surface area contributed by atoms with E-state index in [1.807, 2.05) is 65.5 Å². The number of hydrogen-bond donors (Lipinski definition) is 2. The molecular weight excluding hydrogens is 352 g/mol. The van der Waals surface area contributed by atoms with E-state index in [1.165, 1.54) is 0 Å². The van der Waals surface area contributed by atoms with Crippen LogP contribution in [0.3, 0.4) is 0 Å². The zero-order valence-electron chi connectivity index (χ0n) is 15.7. The molecule has 2 N–H and O–H groups in total. The molecule has 1 aromatic heterocycles. The number of anilines is 1. The number of benzene rings is 2. The Hall–Kier alpha value is -3.12. The fourth-order valence-corrected chi connectivity index (χ4v) is 3.29. The van der Waals surface area contributed by atoms with Crippen LogP contribution in [0, 0.1) is 0 Å². The van der Waals surface area contributed by atoms with Gasteiger partial charge in [0.05, 0.1) is 6.04 Å². The molecule has 28 heavy (non-hydrogen) atoms. The van der Waals surface area contributed by atoms with Crippen molar-refractivity contribution in [1.29, 1.82) is 0 Å². The zero-order valence-corrected chi connectivity index (χ0v) is 15.7. The molecule has 1 aliphatic rings. The van der Waals surface area contributed by atoms with Gasteiger partial charge in [-0.3, -0.25) is 9.48 Å². The average Bonchev–Trinajstić information content (AvgIpc) is 3.25. The molecule has 2 aromatic carbocycles. The maximum Gasteiger partial charge on any atom is 0.276 e. The molecule has 0 saturated carbocycles. The standard InChI is InChI=1S/C22H24N4O2/c27-22(21-12-14-26(25-21)19-7-4-13-23-15-19)24-18-8-10-20(11-9-18)28-16-17-5-2-1-3-6-17/h1-3,5-6,8-12,14,19,23H,4,7,13,15-16H2,(H,24,27). The lowest BCUT2D eigenvalue weighted by molar-refractivity contribution is 0.102. The molecule has 0 spiro atoms. The van der Waals surface area contributed by atoms with Crippen LogP contribution in [0.25, 0.3) is 0 Å². The first kappa shape index (κ1) is 18.3. The van der Waals surface area contributed by atoms with E-state index in [0.29, 0.717) is 24.0 Å². The van der Waals surface area contributed by atoms with Gasteiger partial charge in [-0.2, -0.15) is 5.10 Å². The zero-order chi connectivity index (χ0) is 19.2. The average molecular weight is 376 g/mol. The maximum absolute atomic E-state index is 12.5. The third-order valence-corrected chi connectivity index (χ3v) is 4.85. The smallest absolute Gasteiger partial charge is 0.276 e. The van der Waals surface area contributed by atoms with Gasteiger partial charge in [0.2, 0.25) is 0 Å². The van der Waals surface area contributed by atoms with E-state index in [2.05, 4.69) is 15.7 Å². The second kappa shape index (κ2) is 8.71. The highest BCUT2D eigenvalue weighted by Crippen LogP contribution is 2.19. The summed E-state index contributed by atoms with van der Waals surface area (Å²) in [7, 11) is 0. The second-order valence-corrected chi connectivity index (χ2v) is 6.93. The van der Waals surface area contributed by atoms with E-state index < -0.39 is 0 Å². The normalized spacial score (nSPS) is 16.5. The van der Waals surface area contributed by atoms with Gasteiger partial charge in [-0.15, -0.1) is 0 Å². The van der Waals surface area contributed by atoms with Crippen molar-refractivity contribution in [1.82, 2.24) is 15.1 Å². The first-order valence-electron chi connectivity index (χ1n) is 9.62. The Balaban J connectivity index is 1.32. The van der Waals surface area contributed by atoms with Crippen LogP contribution in [0.1, 0.15) is 34.9 Å². The van der Waals surface area contributed by atoms with Crippen LogP contribution in [0.15, 0.2) is 66.9 Å². The Morgan fingerprint density at radius 2 is 1.96 bits per heavy atom. The molecule has 6 nitrogen and oxygen atoms in total. The molecule has 1 amide bonds. The summed E-state index contributed by atoms with van der Waals surface area (Å²) in [6, 6.07) is 19.5. The summed E-state index contributed by atoms with van der Waals surface area (Å²) in [6.07, 6.45) is 4.10. The van der Waals surface area contributed by atoms with Gasteiger partial charge >= 0.3 is 0 Å². The van der Waals surface area contributed by atoms with Gasteiger partial charge in [0.15, 0.2) is 5.69 Å².